The molecule has 2 rings (SSSR count). The average molecular weight is 234 g/mol. The third-order valence-corrected chi connectivity index (χ3v) is 3.06. The van der Waals surface area contributed by atoms with Crippen molar-refractivity contribution in [1.82, 2.24) is 10.6 Å². The second-order valence-corrected chi connectivity index (χ2v) is 4.40. The molecule has 1 amide bonds. The van der Waals surface area contributed by atoms with Crippen molar-refractivity contribution in [1.29, 1.82) is 0 Å². The van der Waals surface area contributed by atoms with E-state index in [2.05, 4.69) is 10.6 Å². The van der Waals surface area contributed by atoms with Gasteiger partial charge in [-0.3, -0.25) is 4.79 Å². The average Bonchev–Trinajstić information content (AvgIpc) is 2.53. The monoisotopic (exact) mass is 234 g/mol. The smallest absolute Gasteiger partial charge is 0.221 e. The molecular formula is C13H18N2O2. The summed E-state index contributed by atoms with van der Waals surface area (Å²) in [6, 6.07) is 7.47. The van der Waals surface area contributed by atoms with Crippen LogP contribution < -0.4 is 10.6 Å². The van der Waals surface area contributed by atoms with E-state index in [9.17, 15) is 9.90 Å². The molecule has 1 fully saturated rings. The molecule has 4 heteroatoms. The van der Waals surface area contributed by atoms with Crippen molar-refractivity contribution in [2.75, 3.05) is 6.54 Å². The number of rotatable bonds is 3. The second-order valence-electron chi connectivity index (χ2n) is 4.40. The Balaban J connectivity index is 1.89. The summed E-state index contributed by atoms with van der Waals surface area (Å²) >= 11 is 0. The third kappa shape index (κ3) is 3.46. The molecule has 4 nitrogen and oxygen atoms in total. The molecule has 0 saturated carbocycles. The van der Waals surface area contributed by atoms with Crippen LogP contribution in [0.15, 0.2) is 24.3 Å². The van der Waals surface area contributed by atoms with Crippen LogP contribution in [-0.2, 0) is 11.3 Å². The molecule has 1 saturated heterocycles. The Morgan fingerprint density at radius 1 is 1.41 bits per heavy atom. The van der Waals surface area contributed by atoms with Gasteiger partial charge in [-0.25, -0.2) is 0 Å². The first-order valence-corrected chi connectivity index (χ1v) is 6.02. The van der Waals surface area contributed by atoms with Crippen LogP contribution in [0.3, 0.4) is 0 Å². The Bertz CT molecular complexity index is 393. The molecular weight excluding hydrogens is 216 g/mol. The Labute approximate surface area is 101 Å². The van der Waals surface area contributed by atoms with Crippen LogP contribution in [0.1, 0.15) is 24.8 Å². The van der Waals surface area contributed by atoms with Crippen LogP contribution in [0, 0.1) is 0 Å². The summed E-state index contributed by atoms with van der Waals surface area (Å²) in [6.07, 6.45) is 2.52. The number of benzene rings is 1. The van der Waals surface area contributed by atoms with Gasteiger partial charge in [0.2, 0.25) is 5.91 Å². The molecule has 0 spiro atoms. The Hall–Kier alpha value is -1.55. The highest BCUT2D eigenvalue weighted by Crippen LogP contribution is 2.16. The van der Waals surface area contributed by atoms with Crippen molar-refractivity contribution in [3.8, 4) is 5.75 Å². The van der Waals surface area contributed by atoms with Gasteiger partial charge < -0.3 is 15.7 Å². The van der Waals surface area contributed by atoms with Gasteiger partial charge in [0, 0.05) is 31.1 Å². The lowest BCUT2D eigenvalue weighted by molar-refractivity contribution is -0.121. The Kier molecular flexibility index (Phi) is 3.98. The molecule has 1 heterocycles. The summed E-state index contributed by atoms with van der Waals surface area (Å²) < 4.78 is 0. The number of phenols is 1. The van der Waals surface area contributed by atoms with E-state index in [-0.39, 0.29) is 11.9 Å². The van der Waals surface area contributed by atoms with E-state index in [1.807, 2.05) is 12.1 Å². The lowest BCUT2D eigenvalue weighted by Crippen LogP contribution is -2.32. The van der Waals surface area contributed by atoms with Crippen molar-refractivity contribution in [3.05, 3.63) is 29.8 Å². The molecule has 0 bridgehead atoms. The number of aromatic hydroxyl groups is 1. The van der Waals surface area contributed by atoms with E-state index >= 15 is 0 Å². The fourth-order valence-corrected chi connectivity index (χ4v) is 2.06. The highest BCUT2D eigenvalue weighted by molar-refractivity contribution is 5.76. The summed E-state index contributed by atoms with van der Waals surface area (Å²) in [4.78, 5) is 11.4. The van der Waals surface area contributed by atoms with Gasteiger partial charge in [0.1, 0.15) is 5.75 Å². The summed E-state index contributed by atoms with van der Waals surface area (Å²) in [5.41, 5.74) is 0.872. The number of amides is 1. The highest BCUT2D eigenvalue weighted by atomic mass is 16.3. The maximum Gasteiger partial charge on any atom is 0.221 e. The first-order valence-electron chi connectivity index (χ1n) is 6.02. The predicted molar refractivity (Wildman–Crippen MR) is 65.6 cm³/mol. The van der Waals surface area contributed by atoms with Crippen LogP contribution in [0.25, 0.3) is 0 Å². The number of phenolic OH excluding ortho intramolecular Hbond substituents is 1. The largest absolute Gasteiger partial charge is 0.508 e. The topological polar surface area (TPSA) is 61.4 Å². The molecule has 1 aromatic rings. The van der Waals surface area contributed by atoms with E-state index in [0.29, 0.717) is 18.7 Å². The summed E-state index contributed by atoms with van der Waals surface area (Å²) in [6.45, 7) is 1.37. The van der Waals surface area contributed by atoms with Gasteiger partial charge in [-0.2, -0.15) is 0 Å². The zero-order valence-electron chi connectivity index (χ0n) is 9.78. The van der Waals surface area contributed by atoms with Crippen LogP contribution >= 0.6 is 0 Å². The molecule has 3 N–H and O–H groups in total. The van der Waals surface area contributed by atoms with Crippen LogP contribution in [0.2, 0.25) is 0 Å². The van der Waals surface area contributed by atoms with Crippen LogP contribution in [0.4, 0.5) is 0 Å². The SMILES string of the molecule is O=C1CC(NCc2ccccc2O)CCCN1. The molecule has 0 radical (unpaired) electrons. The van der Waals surface area contributed by atoms with E-state index in [4.69, 9.17) is 0 Å². The summed E-state index contributed by atoms with van der Waals surface area (Å²) in [5, 5.41) is 15.8. The van der Waals surface area contributed by atoms with Crippen molar-refractivity contribution in [2.45, 2.75) is 31.8 Å². The minimum Gasteiger partial charge on any atom is -0.508 e. The Morgan fingerprint density at radius 2 is 2.24 bits per heavy atom. The normalized spacial score (nSPS) is 20.7. The molecule has 0 aliphatic carbocycles. The third-order valence-electron chi connectivity index (χ3n) is 3.06. The van der Waals surface area contributed by atoms with E-state index in [0.717, 1.165) is 24.9 Å². The van der Waals surface area contributed by atoms with Gasteiger partial charge >= 0.3 is 0 Å². The number of para-hydroxylation sites is 1. The van der Waals surface area contributed by atoms with Gasteiger partial charge in [-0.15, -0.1) is 0 Å². The first kappa shape index (κ1) is 11.9. The number of hydrogen-bond donors (Lipinski definition) is 3. The van der Waals surface area contributed by atoms with Crippen molar-refractivity contribution >= 4 is 5.91 Å². The number of carbonyl (C=O) groups excluding carboxylic acids is 1. The van der Waals surface area contributed by atoms with Crippen LogP contribution in [-0.4, -0.2) is 23.6 Å². The molecule has 1 unspecified atom stereocenters. The van der Waals surface area contributed by atoms with Crippen molar-refractivity contribution in [2.24, 2.45) is 0 Å². The fourth-order valence-electron chi connectivity index (χ4n) is 2.06. The molecule has 1 aliphatic rings. The number of nitrogens with one attached hydrogen (secondary N) is 2. The first-order chi connectivity index (χ1) is 8.25. The lowest BCUT2D eigenvalue weighted by Gasteiger charge is -2.15. The molecule has 1 aliphatic heterocycles. The minimum absolute atomic E-state index is 0.109. The minimum atomic E-state index is 0.109. The van der Waals surface area contributed by atoms with Crippen molar-refractivity contribution < 1.29 is 9.90 Å². The standard InChI is InChI=1S/C13H18N2O2/c16-12-6-2-1-4-10(12)9-15-11-5-3-7-14-13(17)8-11/h1-2,4,6,11,15-16H,3,5,7-9H2,(H,14,17). The van der Waals surface area contributed by atoms with Gasteiger partial charge in [-0.1, -0.05) is 18.2 Å². The summed E-state index contributed by atoms with van der Waals surface area (Å²) in [5.74, 6) is 0.412. The molecule has 92 valence electrons. The number of hydrogen-bond acceptors (Lipinski definition) is 3. The van der Waals surface area contributed by atoms with E-state index in [1.54, 1.807) is 12.1 Å². The molecule has 1 aromatic carbocycles. The summed E-state index contributed by atoms with van der Waals surface area (Å²) in [7, 11) is 0. The molecule has 0 aromatic heterocycles. The van der Waals surface area contributed by atoms with Gasteiger partial charge in [0.25, 0.3) is 0 Å². The zero-order valence-corrected chi connectivity index (χ0v) is 9.78. The van der Waals surface area contributed by atoms with Gasteiger partial charge in [-0.05, 0) is 18.9 Å². The lowest BCUT2D eigenvalue weighted by atomic mass is 10.1. The zero-order chi connectivity index (χ0) is 12.1. The highest BCUT2D eigenvalue weighted by Gasteiger charge is 2.16. The maximum atomic E-state index is 11.4. The fraction of sp³-hybridized carbons (Fsp3) is 0.462. The van der Waals surface area contributed by atoms with Crippen molar-refractivity contribution in [3.63, 3.8) is 0 Å². The predicted octanol–water partition coefficient (Wildman–Crippen LogP) is 1.15. The van der Waals surface area contributed by atoms with E-state index in [1.165, 1.54) is 0 Å². The maximum absolute atomic E-state index is 11.4. The molecule has 1 atom stereocenters. The Morgan fingerprint density at radius 3 is 3.06 bits per heavy atom. The second kappa shape index (κ2) is 5.68. The van der Waals surface area contributed by atoms with Gasteiger partial charge in [0.15, 0.2) is 0 Å². The number of carbonyl (C=O) groups is 1. The van der Waals surface area contributed by atoms with Crippen LogP contribution in [0.5, 0.6) is 5.75 Å². The quantitative estimate of drug-likeness (QED) is 0.735. The molecule has 17 heavy (non-hydrogen) atoms. The van der Waals surface area contributed by atoms with E-state index < -0.39 is 0 Å². The van der Waals surface area contributed by atoms with Gasteiger partial charge in [0.05, 0.1) is 0 Å².